The first kappa shape index (κ1) is 13.3. The van der Waals surface area contributed by atoms with Crippen LogP contribution in [0.15, 0.2) is 66.0 Å². The van der Waals surface area contributed by atoms with Gasteiger partial charge in [0.25, 0.3) is 0 Å². The molecule has 0 spiro atoms. The molecule has 1 aliphatic heterocycles. The van der Waals surface area contributed by atoms with Crippen molar-refractivity contribution >= 4 is 48.4 Å². The topological polar surface area (TPSA) is 3.24 Å². The summed E-state index contributed by atoms with van der Waals surface area (Å²) in [5.74, 6) is 0. The summed E-state index contributed by atoms with van der Waals surface area (Å²) >= 11 is 3.71. The molecule has 112 valence electrons. The second kappa shape index (κ2) is 5.22. The molecular weight excluding hydrogens is 318 g/mol. The van der Waals surface area contributed by atoms with E-state index in [9.17, 15) is 0 Å². The second-order valence-electron chi connectivity index (χ2n) is 5.83. The number of thiophene rings is 2. The van der Waals surface area contributed by atoms with Gasteiger partial charge in [-0.15, -0.1) is 22.7 Å². The van der Waals surface area contributed by atoms with Crippen LogP contribution in [0.25, 0.3) is 9.40 Å². The first-order valence-electron chi connectivity index (χ1n) is 7.83. The molecule has 3 heterocycles. The summed E-state index contributed by atoms with van der Waals surface area (Å²) in [6, 6.07) is 22.2. The summed E-state index contributed by atoms with van der Waals surface area (Å²) in [4.78, 5) is 2.45. The maximum Gasteiger partial charge on any atom is 0.102 e. The van der Waals surface area contributed by atoms with Crippen LogP contribution in [0.5, 0.6) is 0 Å². The molecule has 3 heteroatoms. The summed E-state index contributed by atoms with van der Waals surface area (Å²) in [6.45, 7) is 0. The molecule has 0 saturated heterocycles. The van der Waals surface area contributed by atoms with Gasteiger partial charge in [-0.2, -0.15) is 0 Å². The molecule has 0 atom stereocenters. The fraction of sp³-hybridized carbons (Fsp3) is 0.100. The van der Waals surface area contributed by atoms with Crippen LogP contribution >= 0.6 is 22.7 Å². The highest BCUT2D eigenvalue weighted by atomic mass is 32.1. The second-order valence-corrected chi connectivity index (χ2v) is 7.84. The number of aryl methyl sites for hydroxylation is 2. The number of hydrogen-bond acceptors (Lipinski definition) is 3. The first-order chi connectivity index (χ1) is 11.4. The van der Waals surface area contributed by atoms with Crippen LogP contribution in [0.2, 0.25) is 0 Å². The van der Waals surface area contributed by atoms with Crippen molar-refractivity contribution in [1.29, 1.82) is 0 Å². The third-order valence-corrected chi connectivity index (χ3v) is 6.55. The molecule has 5 rings (SSSR count). The predicted molar refractivity (Wildman–Crippen MR) is 102 cm³/mol. The van der Waals surface area contributed by atoms with Gasteiger partial charge in [0.2, 0.25) is 0 Å². The molecular formula is C20H15NS2. The Morgan fingerprint density at radius 1 is 0.739 bits per heavy atom. The molecule has 2 aromatic carbocycles. The highest BCUT2D eigenvalue weighted by Crippen LogP contribution is 2.46. The number of nitrogens with zero attached hydrogens (tertiary/aromatic N) is 1. The third-order valence-electron chi connectivity index (χ3n) is 4.48. The molecule has 1 nitrogen and oxygen atoms in total. The molecule has 0 radical (unpaired) electrons. The first-order valence-corrected chi connectivity index (χ1v) is 9.53. The van der Waals surface area contributed by atoms with E-state index in [1.54, 1.807) is 0 Å². The zero-order valence-corrected chi connectivity index (χ0v) is 14.2. The highest BCUT2D eigenvalue weighted by molar-refractivity contribution is 7.29. The average molecular weight is 333 g/mol. The number of benzene rings is 2. The van der Waals surface area contributed by atoms with Crippen LogP contribution in [-0.4, -0.2) is 0 Å². The molecule has 4 aromatic rings. The van der Waals surface area contributed by atoms with Crippen molar-refractivity contribution in [2.75, 3.05) is 4.90 Å². The predicted octanol–water partition coefficient (Wildman–Crippen LogP) is 6.53. The minimum atomic E-state index is 1.10. The normalized spacial score (nSPS) is 13.7. The maximum atomic E-state index is 2.45. The Bertz CT molecular complexity index is 919. The van der Waals surface area contributed by atoms with Crippen molar-refractivity contribution in [1.82, 2.24) is 0 Å². The van der Waals surface area contributed by atoms with E-state index in [4.69, 9.17) is 0 Å². The Morgan fingerprint density at radius 2 is 1.39 bits per heavy atom. The smallest absolute Gasteiger partial charge is 0.102 e. The highest BCUT2D eigenvalue weighted by Gasteiger charge is 2.23. The van der Waals surface area contributed by atoms with E-state index in [0.29, 0.717) is 0 Å². The van der Waals surface area contributed by atoms with Gasteiger partial charge in [-0.1, -0.05) is 36.4 Å². The van der Waals surface area contributed by atoms with Gasteiger partial charge in [-0.3, -0.25) is 0 Å². The number of rotatable bonds is 1. The minimum absolute atomic E-state index is 1.10. The van der Waals surface area contributed by atoms with Crippen molar-refractivity contribution in [3.8, 4) is 0 Å². The van der Waals surface area contributed by atoms with Gasteiger partial charge in [0.1, 0.15) is 5.00 Å². The fourth-order valence-corrected chi connectivity index (χ4v) is 5.51. The van der Waals surface area contributed by atoms with E-state index in [2.05, 4.69) is 70.9 Å². The zero-order chi connectivity index (χ0) is 15.2. The molecule has 0 unspecified atom stereocenters. The Balaban J connectivity index is 1.79. The van der Waals surface area contributed by atoms with E-state index in [1.807, 2.05) is 22.7 Å². The molecule has 1 aliphatic rings. The van der Waals surface area contributed by atoms with Crippen LogP contribution in [0, 0.1) is 0 Å². The molecule has 0 saturated carbocycles. The van der Waals surface area contributed by atoms with Crippen molar-refractivity contribution in [2.45, 2.75) is 12.8 Å². The monoisotopic (exact) mass is 333 g/mol. The number of para-hydroxylation sites is 2. The van der Waals surface area contributed by atoms with Gasteiger partial charge >= 0.3 is 0 Å². The maximum absolute atomic E-state index is 2.45. The Hall–Kier alpha value is -2.10. The molecule has 0 amide bonds. The lowest BCUT2D eigenvalue weighted by molar-refractivity contribution is 0.977. The third kappa shape index (κ3) is 2.12. The summed E-state index contributed by atoms with van der Waals surface area (Å²) < 4.78 is 2.76. The van der Waals surface area contributed by atoms with E-state index in [0.717, 1.165) is 12.8 Å². The van der Waals surface area contributed by atoms with Gasteiger partial charge in [0, 0.05) is 9.40 Å². The van der Waals surface area contributed by atoms with Gasteiger partial charge in [0.15, 0.2) is 0 Å². The quantitative estimate of drug-likeness (QED) is 0.383. The SMILES string of the molecule is c1ccc2c(c1)CCc1ccccc1N2c1cc2sccc2s1. The summed E-state index contributed by atoms with van der Waals surface area (Å²) in [5.41, 5.74) is 5.51. The lowest BCUT2D eigenvalue weighted by Crippen LogP contribution is -2.09. The fourth-order valence-electron chi connectivity index (χ4n) is 3.38. The van der Waals surface area contributed by atoms with Gasteiger partial charge in [0.05, 0.1) is 11.4 Å². The largest absolute Gasteiger partial charge is 0.301 e. The van der Waals surface area contributed by atoms with Gasteiger partial charge < -0.3 is 4.90 Å². The Morgan fingerprint density at radius 3 is 2.04 bits per heavy atom. The molecule has 0 bridgehead atoms. The molecule has 0 fully saturated rings. The van der Waals surface area contributed by atoms with Crippen LogP contribution < -0.4 is 4.90 Å². The Kier molecular flexibility index (Phi) is 3.03. The number of anilines is 3. The van der Waals surface area contributed by atoms with E-state index >= 15 is 0 Å². The average Bonchev–Trinajstić information content (AvgIpc) is 3.13. The molecule has 0 aliphatic carbocycles. The van der Waals surface area contributed by atoms with Crippen molar-refractivity contribution in [3.63, 3.8) is 0 Å². The van der Waals surface area contributed by atoms with Crippen LogP contribution in [0.4, 0.5) is 16.4 Å². The van der Waals surface area contributed by atoms with Gasteiger partial charge in [-0.25, -0.2) is 0 Å². The summed E-state index contributed by atoms with van der Waals surface area (Å²) in [7, 11) is 0. The van der Waals surface area contributed by atoms with E-state index < -0.39 is 0 Å². The van der Waals surface area contributed by atoms with Crippen molar-refractivity contribution in [2.24, 2.45) is 0 Å². The lowest BCUT2D eigenvalue weighted by Gasteiger charge is -2.25. The van der Waals surface area contributed by atoms with Crippen LogP contribution in [0.1, 0.15) is 11.1 Å². The van der Waals surface area contributed by atoms with E-state index in [-0.39, 0.29) is 0 Å². The number of fused-ring (bicyclic) bond motifs is 3. The van der Waals surface area contributed by atoms with Gasteiger partial charge in [-0.05, 0) is 53.6 Å². The summed E-state index contributed by atoms with van der Waals surface area (Å²) in [5, 5.41) is 3.49. The van der Waals surface area contributed by atoms with Crippen LogP contribution in [-0.2, 0) is 12.8 Å². The van der Waals surface area contributed by atoms with E-state index in [1.165, 1.54) is 36.9 Å². The Labute approximate surface area is 143 Å². The van der Waals surface area contributed by atoms with Crippen molar-refractivity contribution in [3.05, 3.63) is 77.2 Å². The lowest BCUT2D eigenvalue weighted by atomic mass is 10.0. The minimum Gasteiger partial charge on any atom is -0.301 e. The van der Waals surface area contributed by atoms with Crippen LogP contribution in [0.3, 0.4) is 0 Å². The number of hydrogen-bond donors (Lipinski definition) is 0. The standard InChI is InChI=1S/C20H15NS2/c1-3-7-16-14(5-1)9-10-15-6-2-4-8-17(15)21(16)20-13-19-18(23-20)11-12-22-19/h1-8,11-13H,9-10H2. The summed E-state index contributed by atoms with van der Waals surface area (Å²) in [6.07, 6.45) is 2.20. The zero-order valence-electron chi connectivity index (χ0n) is 12.5. The molecule has 0 N–H and O–H groups in total. The molecule has 2 aromatic heterocycles. The molecule has 23 heavy (non-hydrogen) atoms. The van der Waals surface area contributed by atoms with Crippen molar-refractivity contribution < 1.29 is 0 Å².